The van der Waals surface area contributed by atoms with Crippen molar-refractivity contribution in [2.45, 2.75) is 6.92 Å². The van der Waals surface area contributed by atoms with Crippen LogP contribution in [0.4, 0.5) is 5.69 Å². The van der Waals surface area contributed by atoms with Crippen LogP contribution in [-0.2, 0) is 13.7 Å². The molecule has 18 heavy (non-hydrogen) atoms. The van der Waals surface area contributed by atoms with Gasteiger partial charge in [0.25, 0.3) is 0 Å². The van der Waals surface area contributed by atoms with Gasteiger partial charge in [-0.15, -0.1) is 0 Å². The molecule has 0 amide bonds. The molecule has 7 nitrogen and oxygen atoms in total. The molecule has 1 aromatic rings. The minimum atomic E-state index is -5.01. The molecule has 0 radical (unpaired) electrons. The first-order valence-corrected chi connectivity index (χ1v) is 8.25. The first kappa shape index (κ1) is 15.7. The lowest BCUT2D eigenvalue weighted by molar-refractivity contribution is 0.271. The van der Waals surface area contributed by atoms with Crippen molar-refractivity contribution in [3.05, 3.63) is 29.3 Å². The van der Waals surface area contributed by atoms with E-state index in [4.69, 9.17) is 21.4 Å². The predicted octanol–water partition coefficient (Wildman–Crippen LogP) is 2.38. The molecule has 0 aliphatic heterocycles. The van der Waals surface area contributed by atoms with Crippen LogP contribution < -0.4 is 4.44 Å². The van der Waals surface area contributed by atoms with Crippen LogP contribution in [-0.4, -0.2) is 21.3 Å². The molecule has 0 spiro atoms. The number of hydrogen-bond acceptors (Lipinski definition) is 3. The molecule has 0 bridgehead atoms. The maximum Gasteiger partial charge on any atom is 0.441 e. The van der Waals surface area contributed by atoms with Crippen LogP contribution in [0.15, 0.2) is 24.3 Å². The monoisotopic (exact) mass is 315 g/mol. The number of benzene rings is 1. The largest absolute Gasteiger partial charge is 0.441 e. The third kappa shape index (κ3) is 3.80. The van der Waals surface area contributed by atoms with E-state index >= 15 is 0 Å². The Morgan fingerprint density at radius 1 is 1.22 bits per heavy atom. The summed E-state index contributed by atoms with van der Waals surface area (Å²) in [4.78, 5) is 27.9. The Labute approximate surface area is 109 Å². The molecule has 1 aromatic carbocycles. The van der Waals surface area contributed by atoms with Gasteiger partial charge in [0.05, 0.1) is 12.3 Å². The number of anilines is 1. The summed E-state index contributed by atoms with van der Waals surface area (Å²) in [5, 5.41) is 0.327. The predicted molar refractivity (Wildman–Crippen MR) is 67.4 cm³/mol. The Kier molecular flexibility index (Phi) is 4.98. The van der Waals surface area contributed by atoms with Crippen molar-refractivity contribution in [1.29, 1.82) is 0 Å². The van der Waals surface area contributed by atoms with Crippen molar-refractivity contribution in [3.8, 4) is 0 Å². The average Bonchev–Trinajstić information content (AvgIpc) is 2.18. The van der Waals surface area contributed by atoms with Gasteiger partial charge in [-0.2, -0.15) is 4.44 Å². The normalized spacial score (nSPS) is 15.2. The maximum atomic E-state index is 11.8. The van der Waals surface area contributed by atoms with Crippen LogP contribution in [0.1, 0.15) is 6.92 Å². The van der Waals surface area contributed by atoms with Gasteiger partial charge in [-0.25, -0.2) is 9.13 Å². The Hall–Kier alpha value is -0.390. The number of nitrogens with zero attached hydrogens (tertiary/aromatic N) is 1. The van der Waals surface area contributed by atoms with Gasteiger partial charge in [0.15, 0.2) is 0 Å². The number of rotatable bonds is 5. The van der Waals surface area contributed by atoms with E-state index in [0.29, 0.717) is 5.02 Å². The lowest BCUT2D eigenvalue weighted by Crippen LogP contribution is -2.17. The summed E-state index contributed by atoms with van der Waals surface area (Å²) in [5.41, 5.74) is -0.160. The molecule has 0 aliphatic carbocycles. The molecule has 0 fully saturated rings. The van der Waals surface area contributed by atoms with E-state index in [-0.39, 0.29) is 16.7 Å². The van der Waals surface area contributed by atoms with Crippen LogP contribution in [0, 0.1) is 0 Å². The van der Waals surface area contributed by atoms with Crippen molar-refractivity contribution in [2.75, 3.05) is 11.0 Å². The SMILES string of the molecule is CCOP(=O)(O)N(c1ccc(Cl)cc1)P(=O)(O)O. The van der Waals surface area contributed by atoms with Crippen molar-refractivity contribution < 1.29 is 28.3 Å². The molecule has 0 heterocycles. The molecule has 0 aliphatic rings. The Balaban J connectivity index is 3.27. The quantitative estimate of drug-likeness (QED) is 0.716. The van der Waals surface area contributed by atoms with Gasteiger partial charge in [0.2, 0.25) is 0 Å². The molecule has 10 heteroatoms. The summed E-state index contributed by atoms with van der Waals surface area (Å²) in [6.45, 7) is 1.26. The fourth-order valence-corrected chi connectivity index (χ4v) is 4.00. The zero-order chi connectivity index (χ0) is 14.0. The molecule has 102 valence electrons. The van der Waals surface area contributed by atoms with E-state index in [0.717, 1.165) is 0 Å². The summed E-state index contributed by atoms with van der Waals surface area (Å²) in [7, 11) is -9.65. The van der Waals surface area contributed by atoms with Gasteiger partial charge in [-0.3, -0.25) is 4.52 Å². The Bertz CT molecular complexity index is 501. The molecular formula is C8H12ClNO6P2. The average molecular weight is 316 g/mol. The molecule has 0 saturated heterocycles. The maximum absolute atomic E-state index is 11.8. The van der Waals surface area contributed by atoms with Crippen LogP contribution in [0.25, 0.3) is 0 Å². The lowest BCUT2D eigenvalue weighted by atomic mass is 10.3. The zero-order valence-electron chi connectivity index (χ0n) is 9.30. The van der Waals surface area contributed by atoms with E-state index in [1.807, 2.05) is 0 Å². The second-order valence-electron chi connectivity index (χ2n) is 3.19. The Morgan fingerprint density at radius 2 is 1.72 bits per heavy atom. The third-order valence-electron chi connectivity index (χ3n) is 1.84. The second-order valence-corrected chi connectivity index (χ2v) is 7.01. The van der Waals surface area contributed by atoms with Crippen molar-refractivity contribution in [2.24, 2.45) is 0 Å². The van der Waals surface area contributed by atoms with E-state index in [1.165, 1.54) is 31.2 Å². The standard InChI is InChI=1S/C8H12ClNO6P2/c1-2-16-18(14,15)10(17(11,12)13)8-5-3-7(9)4-6-8/h3-6H,2H2,1H3,(H,14,15)(H2,11,12,13). The minimum Gasteiger partial charge on any atom is -0.308 e. The lowest BCUT2D eigenvalue weighted by Gasteiger charge is -2.28. The van der Waals surface area contributed by atoms with Gasteiger partial charge in [-0.1, -0.05) is 11.6 Å². The molecule has 1 atom stereocenters. The first-order valence-electron chi connectivity index (χ1n) is 4.78. The number of halogens is 1. The smallest absolute Gasteiger partial charge is 0.308 e. The van der Waals surface area contributed by atoms with Crippen molar-refractivity contribution in [1.82, 2.24) is 0 Å². The van der Waals surface area contributed by atoms with Gasteiger partial charge in [0.1, 0.15) is 0 Å². The van der Waals surface area contributed by atoms with E-state index in [2.05, 4.69) is 4.52 Å². The van der Waals surface area contributed by atoms with E-state index < -0.39 is 15.5 Å². The van der Waals surface area contributed by atoms with Gasteiger partial charge in [-0.05, 0) is 31.2 Å². The van der Waals surface area contributed by atoms with Crippen LogP contribution in [0.2, 0.25) is 5.02 Å². The van der Waals surface area contributed by atoms with E-state index in [1.54, 1.807) is 0 Å². The molecule has 0 saturated carbocycles. The Morgan fingerprint density at radius 3 is 2.11 bits per heavy atom. The minimum absolute atomic E-state index is 0.0554. The van der Waals surface area contributed by atoms with Crippen LogP contribution in [0.5, 0.6) is 0 Å². The van der Waals surface area contributed by atoms with Crippen LogP contribution in [0.3, 0.4) is 0 Å². The summed E-state index contributed by atoms with van der Waals surface area (Å²) in [6.07, 6.45) is 0. The van der Waals surface area contributed by atoms with Gasteiger partial charge in [0, 0.05) is 5.02 Å². The highest BCUT2D eigenvalue weighted by Gasteiger charge is 2.42. The van der Waals surface area contributed by atoms with Gasteiger partial charge >= 0.3 is 15.5 Å². The third-order valence-corrected chi connectivity index (χ3v) is 5.50. The fourth-order valence-electron chi connectivity index (χ4n) is 1.24. The molecule has 1 unspecified atom stereocenters. The van der Waals surface area contributed by atoms with Crippen LogP contribution >= 0.6 is 27.1 Å². The van der Waals surface area contributed by atoms with Crippen molar-refractivity contribution >= 4 is 32.8 Å². The van der Waals surface area contributed by atoms with E-state index in [9.17, 15) is 14.0 Å². The second kappa shape index (κ2) is 5.72. The molecule has 3 N–H and O–H groups in total. The highest BCUT2D eigenvalue weighted by Crippen LogP contribution is 2.62. The molecular weight excluding hydrogens is 303 g/mol. The molecule has 1 rings (SSSR count). The highest BCUT2D eigenvalue weighted by atomic mass is 35.5. The summed E-state index contributed by atoms with van der Waals surface area (Å²) < 4.78 is 27.7. The fraction of sp³-hybridized carbons (Fsp3) is 0.250. The van der Waals surface area contributed by atoms with Gasteiger partial charge < -0.3 is 14.7 Å². The topological polar surface area (TPSA) is 107 Å². The zero-order valence-corrected chi connectivity index (χ0v) is 11.8. The summed E-state index contributed by atoms with van der Waals surface area (Å²) >= 11 is 5.63. The first-order chi connectivity index (χ1) is 8.18. The highest BCUT2D eigenvalue weighted by molar-refractivity contribution is 7.72. The number of hydrogen-bond donors (Lipinski definition) is 3. The van der Waals surface area contributed by atoms with Crippen molar-refractivity contribution in [3.63, 3.8) is 0 Å². The summed E-state index contributed by atoms with van der Waals surface area (Å²) in [6, 6.07) is 5.10. The molecule has 0 aromatic heterocycles. The summed E-state index contributed by atoms with van der Waals surface area (Å²) in [5.74, 6) is 0.